The minimum absolute atomic E-state index is 0. The summed E-state index contributed by atoms with van der Waals surface area (Å²) in [7, 11) is 0. The summed E-state index contributed by atoms with van der Waals surface area (Å²) in [4.78, 5) is 4.59. The Morgan fingerprint density at radius 2 is 2.09 bits per heavy atom. The van der Waals surface area contributed by atoms with Gasteiger partial charge in [0.15, 0.2) is 5.96 Å². The molecule has 0 aliphatic heterocycles. The lowest BCUT2D eigenvalue weighted by molar-refractivity contribution is 0.771. The van der Waals surface area contributed by atoms with Crippen LogP contribution in [0.4, 0.5) is 0 Å². The number of aliphatic imine (C=N–C) groups is 1. The number of nitrogens with zero attached hydrogens (tertiary/aromatic N) is 1. The summed E-state index contributed by atoms with van der Waals surface area (Å²) in [5.41, 5.74) is 1.24. The fraction of sp³-hybridized carbons (Fsp3) is 0.562. The molecule has 0 heterocycles. The molecule has 0 aromatic heterocycles. The predicted octanol–water partition coefficient (Wildman–Crippen LogP) is 4.20. The molecule has 0 radical (unpaired) electrons. The van der Waals surface area contributed by atoms with E-state index in [-0.39, 0.29) is 24.0 Å². The van der Waals surface area contributed by atoms with Crippen molar-refractivity contribution in [3.05, 3.63) is 34.9 Å². The van der Waals surface area contributed by atoms with Crippen LogP contribution in [-0.4, -0.2) is 37.6 Å². The van der Waals surface area contributed by atoms with Crippen molar-refractivity contribution in [1.29, 1.82) is 0 Å². The van der Waals surface area contributed by atoms with E-state index < -0.39 is 0 Å². The maximum absolute atomic E-state index is 5.99. The van der Waals surface area contributed by atoms with E-state index >= 15 is 0 Å². The lowest BCUT2D eigenvalue weighted by Crippen LogP contribution is -2.38. The van der Waals surface area contributed by atoms with Gasteiger partial charge in [-0.15, -0.1) is 24.0 Å². The molecule has 0 bridgehead atoms. The summed E-state index contributed by atoms with van der Waals surface area (Å²) in [6, 6.07) is 8.00. The van der Waals surface area contributed by atoms with Gasteiger partial charge in [0.25, 0.3) is 0 Å². The number of hydrogen-bond acceptors (Lipinski definition) is 2. The third-order valence-corrected chi connectivity index (χ3v) is 3.90. The first-order valence-electron chi connectivity index (χ1n) is 7.51. The molecular formula is C16H27ClIN3S. The van der Waals surface area contributed by atoms with E-state index in [1.54, 1.807) is 0 Å². The highest BCUT2D eigenvalue weighted by atomic mass is 127. The summed E-state index contributed by atoms with van der Waals surface area (Å²) in [6.07, 6.45) is 5.46. The predicted molar refractivity (Wildman–Crippen MR) is 112 cm³/mol. The Labute approximate surface area is 161 Å². The van der Waals surface area contributed by atoms with Crippen LogP contribution < -0.4 is 10.6 Å². The van der Waals surface area contributed by atoms with Gasteiger partial charge < -0.3 is 10.6 Å². The smallest absolute Gasteiger partial charge is 0.191 e. The number of rotatable bonds is 9. The number of halogens is 2. The van der Waals surface area contributed by atoms with E-state index in [0.29, 0.717) is 0 Å². The summed E-state index contributed by atoms with van der Waals surface area (Å²) in [6.45, 7) is 4.71. The monoisotopic (exact) mass is 455 g/mol. The maximum Gasteiger partial charge on any atom is 0.191 e. The van der Waals surface area contributed by atoms with E-state index in [9.17, 15) is 0 Å². The van der Waals surface area contributed by atoms with E-state index in [1.165, 1.54) is 17.7 Å². The van der Waals surface area contributed by atoms with Crippen molar-refractivity contribution in [2.75, 3.05) is 31.6 Å². The number of guanidine groups is 1. The normalized spacial score (nSPS) is 11.0. The van der Waals surface area contributed by atoms with Gasteiger partial charge in [0.05, 0.1) is 0 Å². The number of thioether (sulfide) groups is 1. The van der Waals surface area contributed by atoms with Crippen LogP contribution in [0.3, 0.4) is 0 Å². The molecule has 1 aromatic rings. The van der Waals surface area contributed by atoms with Crippen molar-refractivity contribution in [2.24, 2.45) is 4.99 Å². The summed E-state index contributed by atoms with van der Waals surface area (Å²) >= 11 is 7.88. The van der Waals surface area contributed by atoms with Crippen molar-refractivity contribution < 1.29 is 0 Å². The topological polar surface area (TPSA) is 36.4 Å². The Balaban J connectivity index is 0.00000441. The van der Waals surface area contributed by atoms with Gasteiger partial charge in [-0.3, -0.25) is 4.99 Å². The molecule has 1 aromatic carbocycles. The van der Waals surface area contributed by atoms with E-state index in [1.807, 2.05) is 30.0 Å². The SMILES string of the molecule is CCNC(=NCCCCSC)NCCc1cccc(Cl)c1.I. The average molecular weight is 456 g/mol. The first-order chi connectivity index (χ1) is 10.3. The van der Waals surface area contributed by atoms with Crippen LogP contribution in [0.25, 0.3) is 0 Å². The zero-order valence-electron chi connectivity index (χ0n) is 13.4. The average Bonchev–Trinajstić information content (AvgIpc) is 2.47. The summed E-state index contributed by atoms with van der Waals surface area (Å²) in [5.74, 6) is 2.12. The molecule has 0 fully saturated rings. The Kier molecular flexibility index (Phi) is 14.4. The first kappa shape index (κ1) is 21.9. The van der Waals surface area contributed by atoms with Crippen LogP contribution in [0.5, 0.6) is 0 Å². The van der Waals surface area contributed by atoms with Gasteiger partial charge in [-0.1, -0.05) is 23.7 Å². The van der Waals surface area contributed by atoms with Crippen LogP contribution in [0.15, 0.2) is 29.3 Å². The minimum Gasteiger partial charge on any atom is -0.357 e. The highest BCUT2D eigenvalue weighted by Gasteiger charge is 1.98. The number of nitrogens with one attached hydrogen (secondary N) is 2. The molecule has 0 spiro atoms. The fourth-order valence-corrected chi connectivity index (χ4v) is 2.61. The van der Waals surface area contributed by atoms with E-state index in [2.05, 4.69) is 34.9 Å². The fourth-order valence-electron chi connectivity index (χ4n) is 1.91. The van der Waals surface area contributed by atoms with Crippen molar-refractivity contribution in [3.8, 4) is 0 Å². The first-order valence-corrected chi connectivity index (χ1v) is 9.29. The minimum atomic E-state index is 0. The molecule has 0 aliphatic carbocycles. The van der Waals surface area contributed by atoms with Crippen molar-refractivity contribution in [3.63, 3.8) is 0 Å². The highest BCUT2D eigenvalue weighted by molar-refractivity contribution is 14.0. The summed E-state index contributed by atoms with van der Waals surface area (Å²) in [5, 5.41) is 7.44. The van der Waals surface area contributed by atoms with Gasteiger partial charge in [0, 0.05) is 24.7 Å². The molecule has 2 N–H and O–H groups in total. The van der Waals surface area contributed by atoms with Gasteiger partial charge in [0.2, 0.25) is 0 Å². The van der Waals surface area contributed by atoms with Crippen LogP contribution >= 0.6 is 47.3 Å². The third-order valence-electron chi connectivity index (χ3n) is 2.97. The van der Waals surface area contributed by atoms with Crippen LogP contribution in [0.1, 0.15) is 25.3 Å². The van der Waals surface area contributed by atoms with Crippen LogP contribution in [0, 0.1) is 0 Å². The third kappa shape index (κ3) is 10.6. The van der Waals surface area contributed by atoms with E-state index in [4.69, 9.17) is 11.6 Å². The Bertz CT molecular complexity index is 430. The Hall–Kier alpha value is -0.140. The Morgan fingerprint density at radius 3 is 2.77 bits per heavy atom. The van der Waals surface area contributed by atoms with Crippen molar-refractivity contribution in [2.45, 2.75) is 26.2 Å². The Morgan fingerprint density at radius 1 is 1.27 bits per heavy atom. The van der Waals surface area contributed by atoms with Gasteiger partial charge in [0.1, 0.15) is 0 Å². The zero-order valence-corrected chi connectivity index (χ0v) is 17.3. The number of unbranched alkanes of at least 4 members (excludes halogenated alkanes) is 1. The second kappa shape index (κ2) is 14.5. The van der Waals surface area contributed by atoms with E-state index in [0.717, 1.165) is 43.5 Å². The molecule has 1 rings (SSSR count). The van der Waals surface area contributed by atoms with Gasteiger partial charge >= 0.3 is 0 Å². The number of benzene rings is 1. The molecule has 3 nitrogen and oxygen atoms in total. The quantitative estimate of drug-likeness (QED) is 0.254. The van der Waals surface area contributed by atoms with Gasteiger partial charge in [-0.2, -0.15) is 11.8 Å². The lowest BCUT2D eigenvalue weighted by Gasteiger charge is -2.11. The van der Waals surface area contributed by atoms with Crippen molar-refractivity contribution >= 4 is 53.3 Å². The van der Waals surface area contributed by atoms with Crippen LogP contribution in [-0.2, 0) is 6.42 Å². The molecule has 0 saturated carbocycles. The molecule has 0 atom stereocenters. The lowest BCUT2D eigenvalue weighted by atomic mass is 10.1. The molecule has 6 heteroatoms. The van der Waals surface area contributed by atoms with Crippen molar-refractivity contribution in [1.82, 2.24) is 10.6 Å². The molecule has 0 aliphatic rings. The van der Waals surface area contributed by atoms with Gasteiger partial charge in [-0.05, 0) is 55.9 Å². The second-order valence-corrected chi connectivity index (χ2v) is 6.19. The molecule has 0 unspecified atom stereocenters. The molecule has 0 saturated heterocycles. The molecular weight excluding hydrogens is 429 g/mol. The standard InChI is InChI=1S/C16H26ClN3S.HI/c1-3-18-16(19-10-4-5-12-21-2)20-11-9-14-7-6-8-15(17)13-14;/h6-8,13H,3-5,9-12H2,1-2H3,(H2,18,19,20);1H. The maximum atomic E-state index is 5.99. The van der Waals surface area contributed by atoms with Crippen LogP contribution in [0.2, 0.25) is 5.02 Å². The summed E-state index contributed by atoms with van der Waals surface area (Å²) < 4.78 is 0. The zero-order chi connectivity index (χ0) is 15.3. The number of hydrogen-bond donors (Lipinski definition) is 2. The molecule has 0 amide bonds. The highest BCUT2D eigenvalue weighted by Crippen LogP contribution is 2.10. The molecule has 126 valence electrons. The molecule has 22 heavy (non-hydrogen) atoms. The largest absolute Gasteiger partial charge is 0.357 e. The second-order valence-electron chi connectivity index (χ2n) is 4.77. The van der Waals surface area contributed by atoms with Gasteiger partial charge in [-0.25, -0.2) is 0 Å².